The van der Waals surface area contributed by atoms with Gasteiger partial charge in [0.25, 0.3) is 11.8 Å². The average molecular weight is 657 g/mol. The molecule has 20 heteroatoms. The number of halogens is 6. The van der Waals surface area contributed by atoms with Crippen molar-refractivity contribution in [1.82, 2.24) is 15.5 Å². The molecule has 46 heavy (non-hydrogen) atoms. The predicted octanol–water partition coefficient (Wildman–Crippen LogP) is -0.381. The molecular formula is C26H23B2F6N3O9. The lowest BCUT2D eigenvalue weighted by Crippen LogP contribution is -2.53. The van der Waals surface area contributed by atoms with Gasteiger partial charge in [0.15, 0.2) is 0 Å². The first-order valence-corrected chi connectivity index (χ1v) is 13.6. The quantitative estimate of drug-likeness (QED) is 0.197. The molecule has 1 fully saturated rings. The molecule has 4 atom stereocenters. The number of aliphatic carboxylic acids is 1. The molecule has 3 heterocycles. The smallest absolute Gasteiger partial charge is 0.481 e. The Kier molecular flexibility index (Phi) is 8.84. The van der Waals surface area contributed by atoms with Crippen LogP contribution in [0.1, 0.15) is 47.3 Å². The molecule has 5 N–H and O–H groups in total. The van der Waals surface area contributed by atoms with Crippen LogP contribution in [0.15, 0.2) is 36.4 Å². The molecule has 0 radical (unpaired) electrons. The van der Waals surface area contributed by atoms with Crippen molar-refractivity contribution in [3.8, 4) is 0 Å². The lowest BCUT2D eigenvalue weighted by atomic mass is 9.78. The van der Waals surface area contributed by atoms with Gasteiger partial charge >= 0.3 is 32.6 Å². The van der Waals surface area contributed by atoms with Crippen molar-refractivity contribution in [2.45, 2.75) is 49.5 Å². The number of fused-ring (bicyclic) bond motifs is 2. The molecule has 3 aliphatic heterocycles. The molecule has 0 bridgehead atoms. The lowest BCUT2D eigenvalue weighted by molar-refractivity contribution is -0.141. The first-order valence-electron chi connectivity index (χ1n) is 13.6. The number of likely N-dealkylation sites (tertiary alicyclic amines) is 1. The molecule has 244 valence electrons. The van der Waals surface area contributed by atoms with Gasteiger partial charge in [-0.1, -0.05) is 24.3 Å². The summed E-state index contributed by atoms with van der Waals surface area (Å²) in [6.07, 6.45) is -14.9. The number of hydrogen-bond acceptors (Lipinski definition) is 8. The van der Waals surface area contributed by atoms with Gasteiger partial charge in [-0.3, -0.25) is 19.2 Å². The molecular weight excluding hydrogens is 634 g/mol. The third-order valence-corrected chi connectivity index (χ3v) is 7.83. The second-order valence-electron chi connectivity index (χ2n) is 10.8. The standard InChI is InChI=1S/C26H23B2F6N3O9/c29-25(30,31)11-3-1-5-13-19(11)21(45-27(13)43)23(41)35-15-9-37(17(38)7-8-18(39)40)10-16(15)36-24(42)22-20-12(26(32,33)34)4-2-6-14(20)28(44)46-22/h1-6,15-16,21-22,43-44H,7-10H2,(H,35,41)(H,36,42)(H,39,40)/t15-,16-,21?,22?/m1/s1. The van der Waals surface area contributed by atoms with Gasteiger partial charge in [-0.25, -0.2) is 0 Å². The van der Waals surface area contributed by atoms with Gasteiger partial charge in [-0.15, -0.1) is 0 Å². The Morgan fingerprint density at radius 3 is 1.54 bits per heavy atom. The highest BCUT2D eigenvalue weighted by Crippen LogP contribution is 2.39. The van der Waals surface area contributed by atoms with E-state index < -0.39 is 123 Å². The molecule has 1 saturated heterocycles. The van der Waals surface area contributed by atoms with Gasteiger partial charge in [-0.05, 0) is 23.1 Å². The Hall–Kier alpha value is -4.13. The fourth-order valence-electron chi connectivity index (χ4n) is 5.79. The topological polar surface area (TPSA) is 175 Å². The van der Waals surface area contributed by atoms with Gasteiger partial charge in [0, 0.05) is 30.6 Å². The number of nitrogens with one attached hydrogen (secondary N) is 2. The summed E-state index contributed by atoms with van der Waals surface area (Å²) in [4.78, 5) is 51.4. The highest BCUT2D eigenvalue weighted by molar-refractivity contribution is 6.62. The number of carbonyl (C=O) groups excluding carboxylic acids is 3. The minimum atomic E-state index is -4.94. The van der Waals surface area contributed by atoms with Crippen LogP contribution >= 0.6 is 0 Å². The average Bonchev–Trinajstić information content (AvgIpc) is 3.64. The molecule has 0 aromatic heterocycles. The van der Waals surface area contributed by atoms with E-state index in [2.05, 4.69) is 10.6 Å². The number of amides is 3. The second kappa shape index (κ2) is 12.2. The molecule has 2 aromatic carbocycles. The highest BCUT2D eigenvalue weighted by atomic mass is 19.4. The fraction of sp³-hybridized carbons (Fsp3) is 0.385. The lowest BCUT2D eigenvalue weighted by Gasteiger charge is -2.25. The van der Waals surface area contributed by atoms with E-state index in [0.717, 1.165) is 29.2 Å². The van der Waals surface area contributed by atoms with E-state index in [1.807, 2.05) is 0 Å². The second-order valence-corrected chi connectivity index (χ2v) is 10.8. The van der Waals surface area contributed by atoms with Gasteiger partial charge in [0.05, 0.1) is 29.6 Å². The summed E-state index contributed by atoms with van der Waals surface area (Å²) in [6, 6.07) is 3.11. The SMILES string of the molecule is O=C(O)CCC(=O)N1C[C@@H](NC(=O)C2OB(O)c3cccc(C(F)(F)F)c32)[C@H](NC(=O)C2OB(O)c3cccc(C(F)(F)F)c32)C1. The number of carbonyl (C=O) groups is 4. The van der Waals surface area contributed by atoms with Gasteiger partial charge in [-0.2, -0.15) is 26.3 Å². The maximum Gasteiger partial charge on any atom is 0.492 e. The van der Waals surface area contributed by atoms with Crippen molar-refractivity contribution in [3.05, 3.63) is 58.7 Å². The van der Waals surface area contributed by atoms with Crippen LogP contribution in [0.4, 0.5) is 26.3 Å². The van der Waals surface area contributed by atoms with Crippen molar-refractivity contribution in [1.29, 1.82) is 0 Å². The zero-order valence-electron chi connectivity index (χ0n) is 23.3. The zero-order valence-corrected chi connectivity index (χ0v) is 23.3. The van der Waals surface area contributed by atoms with Crippen LogP contribution in [-0.4, -0.2) is 83.2 Å². The molecule has 2 aromatic rings. The van der Waals surface area contributed by atoms with E-state index in [0.29, 0.717) is 12.1 Å². The summed E-state index contributed by atoms with van der Waals surface area (Å²) < 4.78 is 92.9. The van der Waals surface area contributed by atoms with Crippen LogP contribution in [0.2, 0.25) is 0 Å². The number of rotatable bonds is 7. The zero-order chi connectivity index (χ0) is 33.7. The molecule has 5 rings (SSSR count). The number of carboxylic acid groups (broad SMARTS) is 1. The third kappa shape index (κ3) is 6.42. The largest absolute Gasteiger partial charge is 0.492 e. The van der Waals surface area contributed by atoms with E-state index in [9.17, 15) is 55.6 Å². The Morgan fingerprint density at radius 2 is 1.17 bits per heavy atom. The van der Waals surface area contributed by atoms with E-state index in [-0.39, 0.29) is 10.9 Å². The van der Waals surface area contributed by atoms with Crippen molar-refractivity contribution in [2.24, 2.45) is 0 Å². The van der Waals surface area contributed by atoms with E-state index in [4.69, 9.17) is 14.4 Å². The summed E-state index contributed by atoms with van der Waals surface area (Å²) >= 11 is 0. The Bertz CT molecular complexity index is 1480. The van der Waals surface area contributed by atoms with Crippen LogP contribution in [0, 0.1) is 0 Å². The van der Waals surface area contributed by atoms with Crippen molar-refractivity contribution in [2.75, 3.05) is 13.1 Å². The highest BCUT2D eigenvalue weighted by Gasteiger charge is 2.49. The molecule has 3 aliphatic rings. The molecule has 0 aliphatic carbocycles. The summed E-state index contributed by atoms with van der Waals surface area (Å²) in [5, 5.41) is 34.1. The van der Waals surface area contributed by atoms with Gasteiger partial charge in [0.1, 0.15) is 12.2 Å². The number of alkyl halides is 6. The van der Waals surface area contributed by atoms with Crippen LogP contribution in [0.25, 0.3) is 0 Å². The Balaban J connectivity index is 1.41. The summed E-state index contributed by atoms with van der Waals surface area (Å²) in [5.74, 6) is -4.42. The fourth-order valence-corrected chi connectivity index (χ4v) is 5.79. The van der Waals surface area contributed by atoms with Crippen LogP contribution < -0.4 is 21.6 Å². The molecule has 0 saturated carbocycles. The minimum Gasteiger partial charge on any atom is -0.481 e. The predicted molar refractivity (Wildman–Crippen MR) is 143 cm³/mol. The molecule has 0 spiro atoms. The maximum absolute atomic E-state index is 13.8. The summed E-state index contributed by atoms with van der Waals surface area (Å²) in [6.45, 7) is -0.784. The maximum atomic E-state index is 13.8. The monoisotopic (exact) mass is 657 g/mol. The first kappa shape index (κ1) is 33.2. The number of benzene rings is 2. The summed E-state index contributed by atoms with van der Waals surface area (Å²) in [5.41, 5.74) is -4.44. The van der Waals surface area contributed by atoms with Crippen LogP contribution in [-0.2, 0) is 40.8 Å². The summed E-state index contributed by atoms with van der Waals surface area (Å²) in [7, 11) is -3.79. The molecule has 12 nitrogen and oxygen atoms in total. The van der Waals surface area contributed by atoms with Crippen molar-refractivity contribution >= 4 is 48.9 Å². The van der Waals surface area contributed by atoms with Gasteiger partial charge < -0.3 is 40.0 Å². The van der Waals surface area contributed by atoms with E-state index >= 15 is 0 Å². The normalized spacial score (nSPS) is 22.5. The number of carboxylic acids is 1. The minimum absolute atomic E-state index is 0.312. The number of hydrogen-bond donors (Lipinski definition) is 5. The third-order valence-electron chi connectivity index (χ3n) is 7.83. The van der Waals surface area contributed by atoms with Crippen molar-refractivity contribution < 1.29 is 70.0 Å². The van der Waals surface area contributed by atoms with Crippen molar-refractivity contribution in [3.63, 3.8) is 0 Å². The van der Waals surface area contributed by atoms with Gasteiger partial charge in [0.2, 0.25) is 5.91 Å². The van der Waals surface area contributed by atoms with Crippen LogP contribution in [0.5, 0.6) is 0 Å². The Labute approximate surface area is 255 Å². The van der Waals surface area contributed by atoms with E-state index in [1.165, 1.54) is 0 Å². The first-order chi connectivity index (χ1) is 21.5. The molecule has 2 unspecified atom stereocenters. The molecule has 3 amide bonds. The number of nitrogens with zero attached hydrogens (tertiary/aromatic N) is 1. The van der Waals surface area contributed by atoms with Crippen LogP contribution in [0.3, 0.4) is 0 Å². The Morgan fingerprint density at radius 1 is 0.761 bits per heavy atom. The van der Waals surface area contributed by atoms with E-state index in [1.54, 1.807) is 0 Å².